The fraction of sp³-hybridized carbons (Fsp3) is 0.125. The maximum atomic E-state index is 13.8. The molecular formula is C16H12FN3O6. The number of fused-ring (bicyclic) bond motifs is 1. The Balaban J connectivity index is 2.44. The van der Waals surface area contributed by atoms with Gasteiger partial charge in [0.1, 0.15) is 23.1 Å². The number of anilines is 1. The summed E-state index contributed by atoms with van der Waals surface area (Å²) in [5.41, 5.74) is 4.16. The quantitative estimate of drug-likeness (QED) is 0.591. The number of hydrogen-bond donors (Lipinski definition) is 2. The van der Waals surface area contributed by atoms with Crippen LogP contribution in [0.25, 0.3) is 5.69 Å². The highest BCUT2D eigenvalue weighted by Crippen LogP contribution is 2.32. The summed E-state index contributed by atoms with van der Waals surface area (Å²) in [6.07, 6.45) is 0. The van der Waals surface area contributed by atoms with E-state index >= 15 is 0 Å². The van der Waals surface area contributed by atoms with E-state index < -0.39 is 35.0 Å². The monoisotopic (exact) mass is 361 g/mol. The van der Waals surface area contributed by atoms with Crippen molar-refractivity contribution in [2.24, 2.45) is 0 Å². The minimum atomic E-state index is -0.954. The van der Waals surface area contributed by atoms with Gasteiger partial charge in [-0.25, -0.2) is 9.18 Å². The van der Waals surface area contributed by atoms with Gasteiger partial charge in [0, 0.05) is 12.1 Å². The van der Waals surface area contributed by atoms with Gasteiger partial charge in [0.05, 0.1) is 30.9 Å². The van der Waals surface area contributed by atoms with E-state index in [9.17, 15) is 23.6 Å². The van der Waals surface area contributed by atoms with Crippen molar-refractivity contribution in [1.82, 2.24) is 9.88 Å². The predicted octanol–water partition coefficient (Wildman–Crippen LogP) is 0.238. The normalized spacial score (nSPS) is 12.6. The lowest BCUT2D eigenvalue weighted by Gasteiger charge is -2.18. The van der Waals surface area contributed by atoms with E-state index in [0.717, 1.165) is 29.9 Å². The number of aromatic nitrogens is 1. The van der Waals surface area contributed by atoms with E-state index in [1.165, 1.54) is 7.11 Å². The van der Waals surface area contributed by atoms with Crippen LogP contribution in [-0.4, -0.2) is 36.6 Å². The molecule has 1 aromatic heterocycles. The van der Waals surface area contributed by atoms with E-state index in [0.29, 0.717) is 0 Å². The summed E-state index contributed by atoms with van der Waals surface area (Å²) in [6.45, 7) is 0. The van der Waals surface area contributed by atoms with Crippen LogP contribution in [0.3, 0.4) is 0 Å². The molecule has 1 aliphatic rings. The number of pyridine rings is 1. The molecule has 0 saturated carbocycles. The largest absolute Gasteiger partial charge is 0.494 e. The molecule has 0 spiro atoms. The SMILES string of the molecule is COC(=O)c1cc(F)cc(OC)c1-n1c(N)c2c(cc1=O)C(=O)NC2=O. The lowest BCUT2D eigenvalue weighted by molar-refractivity contribution is 0.0599. The molecule has 1 aromatic carbocycles. The van der Waals surface area contributed by atoms with Crippen LogP contribution < -0.4 is 21.3 Å². The number of carbonyl (C=O) groups excluding carboxylic acids is 3. The number of methoxy groups -OCH3 is 2. The van der Waals surface area contributed by atoms with Crippen molar-refractivity contribution >= 4 is 23.6 Å². The highest BCUT2D eigenvalue weighted by molar-refractivity contribution is 6.23. The second-order valence-electron chi connectivity index (χ2n) is 5.27. The zero-order valence-electron chi connectivity index (χ0n) is 13.6. The van der Waals surface area contributed by atoms with Gasteiger partial charge in [-0.05, 0) is 6.07 Å². The van der Waals surface area contributed by atoms with Crippen LogP contribution in [0.15, 0.2) is 23.0 Å². The first-order valence-corrected chi connectivity index (χ1v) is 7.17. The number of nitrogen functional groups attached to an aromatic ring is 1. The molecule has 2 aromatic rings. The van der Waals surface area contributed by atoms with Gasteiger partial charge in [0.2, 0.25) is 0 Å². The van der Waals surface area contributed by atoms with Gasteiger partial charge in [0.15, 0.2) is 0 Å². The van der Waals surface area contributed by atoms with E-state index in [1.54, 1.807) is 0 Å². The van der Waals surface area contributed by atoms with E-state index in [2.05, 4.69) is 4.74 Å². The predicted molar refractivity (Wildman–Crippen MR) is 86.1 cm³/mol. The van der Waals surface area contributed by atoms with Gasteiger partial charge in [-0.15, -0.1) is 0 Å². The van der Waals surface area contributed by atoms with Gasteiger partial charge < -0.3 is 15.2 Å². The average Bonchev–Trinajstić information content (AvgIpc) is 2.88. The highest BCUT2D eigenvalue weighted by atomic mass is 19.1. The molecule has 2 heterocycles. The molecule has 10 heteroatoms. The first kappa shape index (κ1) is 17.1. The first-order valence-electron chi connectivity index (χ1n) is 7.17. The van der Waals surface area contributed by atoms with Crippen LogP contribution in [0.1, 0.15) is 31.1 Å². The van der Waals surface area contributed by atoms with Crippen LogP contribution >= 0.6 is 0 Å². The summed E-state index contributed by atoms with van der Waals surface area (Å²) in [5.74, 6) is -3.91. The molecule has 0 aliphatic carbocycles. The van der Waals surface area contributed by atoms with Crippen LogP contribution in [0.4, 0.5) is 10.2 Å². The number of amides is 2. The summed E-state index contributed by atoms with van der Waals surface area (Å²) in [6, 6.07) is 2.68. The number of nitrogens with two attached hydrogens (primary N) is 1. The standard InChI is InChI=1S/C16H12FN3O6/c1-25-9-4-6(17)3-8(16(24)26-2)12(9)20-10(21)5-7-11(13(20)18)15(23)19-14(7)22/h3-5H,18H2,1-2H3,(H,19,22,23). The van der Waals surface area contributed by atoms with Crippen LogP contribution in [0.5, 0.6) is 5.75 Å². The van der Waals surface area contributed by atoms with Crippen molar-refractivity contribution in [3.05, 3.63) is 51.1 Å². The lowest BCUT2D eigenvalue weighted by atomic mass is 10.1. The lowest BCUT2D eigenvalue weighted by Crippen LogP contribution is -2.26. The number of nitrogens with one attached hydrogen (secondary N) is 1. The first-order chi connectivity index (χ1) is 12.3. The Bertz CT molecular complexity index is 1040. The number of carbonyl (C=O) groups is 3. The molecule has 1 aliphatic heterocycles. The fourth-order valence-corrected chi connectivity index (χ4v) is 2.74. The number of esters is 1. The maximum Gasteiger partial charge on any atom is 0.340 e. The van der Waals surface area contributed by atoms with Crippen molar-refractivity contribution in [3.63, 3.8) is 0 Å². The van der Waals surface area contributed by atoms with Crippen LogP contribution in [0, 0.1) is 5.82 Å². The number of benzene rings is 1. The second-order valence-corrected chi connectivity index (χ2v) is 5.27. The molecule has 0 atom stereocenters. The number of rotatable bonds is 3. The molecule has 0 radical (unpaired) electrons. The van der Waals surface area contributed by atoms with Crippen LogP contribution in [0.2, 0.25) is 0 Å². The zero-order chi connectivity index (χ0) is 19.2. The Hall–Kier alpha value is -3.69. The van der Waals surface area contributed by atoms with Crippen molar-refractivity contribution in [2.75, 3.05) is 20.0 Å². The van der Waals surface area contributed by atoms with Crippen molar-refractivity contribution in [2.45, 2.75) is 0 Å². The third kappa shape index (κ3) is 2.39. The Morgan fingerprint density at radius 3 is 2.46 bits per heavy atom. The molecular weight excluding hydrogens is 349 g/mol. The minimum Gasteiger partial charge on any atom is -0.494 e. The molecule has 26 heavy (non-hydrogen) atoms. The van der Waals surface area contributed by atoms with Crippen molar-refractivity contribution in [1.29, 1.82) is 0 Å². The summed E-state index contributed by atoms with van der Waals surface area (Å²) < 4.78 is 24.3. The Kier molecular flexibility index (Phi) is 3.95. The number of hydrogen-bond acceptors (Lipinski definition) is 7. The molecule has 2 amide bonds. The molecule has 134 valence electrons. The molecule has 3 N–H and O–H groups in total. The van der Waals surface area contributed by atoms with E-state index in [-0.39, 0.29) is 28.1 Å². The maximum absolute atomic E-state index is 13.8. The number of halogens is 1. The minimum absolute atomic E-state index is 0.186. The molecule has 0 bridgehead atoms. The van der Waals surface area contributed by atoms with Crippen molar-refractivity contribution in [3.8, 4) is 11.4 Å². The highest BCUT2D eigenvalue weighted by Gasteiger charge is 2.33. The summed E-state index contributed by atoms with van der Waals surface area (Å²) in [4.78, 5) is 48.3. The zero-order valence-corrected chi connectivity index (χ0v) is 13.6. The Labute approximate surface area is 145 Å². The van der Waals surface area contributed by atoms with Gasteiger partial charge >= 0.3 is 5.97 Å². The van der Waals surface area contributed by atoms with Gasteiger partial charge in [-0.1, -0.05) is 0 Å². The third-order valence-corrected chi connectivity index (χ3v) is 3.84. The summed E-state index contributed by atoms with van der Waals surface area (Å²) in [5, 5.41) is 2.02. The Morgan fingerprint density at radius 1 is 1.15 bits per heavy atom. The second kappa shape index (κ2) is 5.99. The number of imide groups is 1. The summed E-state index contributed by atoms with van der Waals surface area (Å²) in [7, 11) is 2.27. The van der Waals surface area contributed by atoms with E-state index in [1.807, 2.05) is 5.32 Å². The molecule has 0 saturated heterocycles. The van der Waals surface area contributed by atoms with Gasteiger partial charge in [-0.3, -0.25) is 24.3 Å². The molecule has 9 nitrogen and oxygen atoms in total. The topological polar surface area (TPSA) is 130 Å². The average molecular weight is 361 g/mol. The molecule has 0 unspecified atom stereocenters. The van der Waals surface area contributed by atoms with Gasteiger partial charge in [-0.2, -0.15) is 0 Å². The van der Waals surface area contributed by atoms with E-state index in [4.69, 9.17) is 10.5 Å². The third-order valence-electron chi connectivity index (χ3n) is 3.84. The molecule has 3 rings (SSSR count). The fourth-order valence-electron chi connectivity index (χ4n) is 2.74. The Morgan fingerprint density at radius 2 is 1.85 bits per heavy atom. The summed E-state index contributed by atoms with van der Waals surface area (Å²) >= 11 is 0. The molecule has 0 fully saturated rings. The number of nitrogens with zero attached hydrogens (tertiary/aromatic N) is 1. The van der Waals surface area contributed by atoms with Gasteiger partial charge in [0.25, 0.3) is 17.4 Å². The number of ether oxygens (including phenoxy) is 2. The van der Waals surface area contributed by atoms with Crippen LogP contribution in [-0.2, 0) is 4.74 Å². The smallest absolute Gasteiger partial charge is 0.340 e. The van der Waals surface area contributed by atoms with Crippen molar-refractivity contribution < 1.29 is 28.2 Å².